The zero-order valence-corrected chi connectivity index (χ0v) is 16.3. The Labute approximate surface area is 168 Å². The van der Waals surface area contributed by atoms with Gasteiger partial charge in [-0.1, -0.05) is 18.2 Å². The zero-order chi connectivity index (χ0) is 19.2. The first-order chi connectivity index (χ1) is 13.8. The first-order valence-electron chi connectivity index (χ1n) is 8.94. The van der Waals surface area contributed by atoms with Crippen LogP contribution in [0.3, 0.4) is 0 Å². The number of hydrogen-bond acceptors (Lipinski definition) is 4. The summed E-state index contributed by atoms with van der Waals surface area (Å²) in [5, 5.41) is 0. The predicted molar refractivity (Wildman–Crippen MR) is 113 cm³/mol. The minimum atomic E-state index is 0.400. The highest BCUT2D eigenvalue weighted by Gasteiger charge is 2.05. The van der Waals surface area contributed by atoms with Gasteiger partial charge in [0.25, 0.3) is 0 Å². The second-order valence-electron chi connectivity index (χ2n) is 6.15. The lowest BCUT2D eigenvalue weighted by Gasteiger charge is -2.07. The summed E-state index contributed by atoms with van der Waals surface area (Å²) in [5.41, 5.74) is 1.99. The number of aromatic nitrogens is 2. The SMILES string of the molecule is CSc1ccc(Oc2ccc(-c3cnc(COc4ccccc4)[nH]3)cc2)cc1. The van der Waals surface area contributed by atoms with Crippen molar-refractivity contribution in [1.82, 2.24) is 9.97 Å². The molecule has 4 rings (SSSR count). The number of rotatable bonds is 7. The fraction of sp³-hybridized carbons (Fsp3) is 0.0870. The van der Waals surface area contributed by atoms with E-state index in [0.717, 1.165) is 34.3 Å². The summed E-state index contributed by atoms with van der Waals surface area (Å²) in [5.74, 6) is 3.24. The van der Waals surface area contributed by atoms with Crippen molar-refractivity contribution in [2.45, 2.75) is 11.5 Å². The highest BCUT2D eigenvalue weighted by Crippen LogP contribution is 2.26. The van der Waals surface area contributed by atoms with E-state index in [4.69, 9.17) is 9.47 Å². The van der Waals surface area contributed by atoms with Crippen molar-refractivity contribution in [3.63, 3.8) is 0 Å². The number of H-pyrrole nitrogens is 1. The van der Waals surface area contributed by atoms with Gasteiger partial charge in [0.15, 0.2) is 0 Å². The zero-order valence-electron chi connectivity index (χ0n) is 15.5. The van der Waals surface area contributed by atoms with Gasteiger partial charge in [-0.15, -0.1) is 11.8 Å². The van der Waals surface area contributed by atoms with Crippen molar-refractivity contribution in [3.8, 4) is 28.5 Å². The largest absolute Gasteiger partial charge is 0.486 e. The van der Waals surface area contributed by atoms with Gasteiger partial charge in [-0.3, -0.25) is 0 Å². The van der Waals surface area contributed by atoms with Crippen LogP contribution >= 0.6 is 11.8 Å². The second-order valence-corrected chi connectivity index (χ2v) is 7.03. The third-order valence-electron chi connectivity index (χ3n) is 4.21. The van der Waals surface area contributed by atoms with Gasteiger partial charge in [0.1, 0.15) is 29.7 Å². The van der Waals surface area contributed by atoms with Crippen LogP contribution in [0.1, 0.15) is 5.82 Å². The molecule has 0 saturated carbocycles. The molecule has 0 aliphatic carbocycles. The third kappa shape index (κ3) is 4.56. The molecule has 0 fully saturated rings. The molecule has 28 heavy (non-hydrogen) atoms. The van der Waals surface area contributed by atoms with Crippen LogP contribution in [0, 0.1) is 0 Å². The minimum absolute atomic E-state index is 0.400. The van der Waals surface area contributed by atoms with Crippen molar-refractivity contribution in [3.05, 3.63) is 90.9 Å². The summed E-state index contributed by atoms with van der Waals surface area (Å²) in [6, 6.07) is 25.7. The minimum Gasteiger partial charge on any atom is -0.486 e. The lowest BCUT2D eigenvalue weighted by molar-refractivity contribution is 0.297. The number of thioether (sulfide) groups is 1. The average Bonchev–Trinajstić information content (AvgIpc) is 3.23. The van der Waals surface area contributed by atoms with Crippen LogP contribution in [-0.4, -0.2) is 16.2 Å². The van der Waals surface area contributed by atoms with E-state index < -0.39 is 0 Å². The summed E-state index contributed by atoms with van der Waals surface area (Å²) in [6.07, 6.45) is 3.88. The monoisotopic (exact) mass is 388 g/mol. The van der Waals surface area contributed by atoms with E-state index in [1.807, 2.05) is 72.9 Å². The molecule has 0 amide bonds. The fourth-order valence-corrected chi connectivity index (χ4v) is 3.14. The predicted octanol–water partition coefficient (Wildman–Crippen LogP) is 6.17. The first-order valence-corrected chi connectivity index (χ1v) is 10.2. The van der Waals surface area contributed by atoms with Gasteiger partial charge in [-0.05, 0) is 72.5 Å². The molecule has 0 atom stereocenters. The van der Waals surface area contributed by atoms with E-state index in [0.29, 0.717) is 6.61 Å². The van der Waals surface area contributed by atoms with Gasteiger partial charge in [0, 0.05) is 4.90 Å². The average molecular weight is 388 g/mol. The smallest absolute Gasteiger partial charge is 0.146 e. The van der Waals surface area contributed by atoms with Crippen molar-refractivity contribution < 1.29 is 9.47 Å². The van der Waals surface area contributed by atoms with E-state index in [9.17, 15) is 0 Å². The Morgan fingerprint density at radius 2 is 1.50 bits per heavy atom. The Bertz CT molecular complexity index is 1010. The van der Waals surface area contributed by atoms with E-state index in [1.165, 1.54) is 4.90 Å². The standard InChI is InChI=1S/C23H20N2O2S/c1-28-21-13-11-20(12-14-21)27-19-9-7-17(8-10-19)22-15-24-23(25-22)16-26-18-5-3-2-4-6-18/h2-15H,16H2,1H3,(H,24,25). The second kappa shape index (κ2) is 8.67. The quantitative estimate of drug-likeness (QED) is 0.385. The molecular weight excluding hydrogens is 368 g/mol. The third-order valence-corrected chi connectivity index (χ3v) is 4.95. The molecular formula is C23H20N2O2S. The van der Waals surface area contributed by atoms with Crippen molar-refractivity contribution in [2.24, 2.45) is 0 Å². The van der Waals surface area contributed by atoms with Crippen LogP contribution in [0.5, 0.6) is 17.2 Å². The number of aromatic amines is 1. The summed E-state index contributed by atoms with van der Waals surface area (Å²) in [4.78, 5) is 8.92. The van der Waals surface area contributed by atoms with Crippen molar-refractivity contribution >= 4 is 11.8 Å². The topological polar surface area (TPSA) is 47.1 Å². The molecule has 0 spiro atoms. The molecule has 1 heterocycles. The number of nitrogens with one attached hydrogen (secondary N) is 1. The van der Waals surface area contributed by atoms with Crippen LogP contribution in [0.25, 0.3) is 11.3 Å². The van der Waals surface area contributed by atoms with Crippen LogP contribution in [0.15, 0.2) is 90.0 Å². The van der Waals surface area contributed by atoms with Gasteiger partial charge in [0.2, 0.25) is 0 Å². The molecule has 3 aromatic carbocycles. The molecule has 4 nitrogen and oxygen atoms in total. The highest BCUT2D eigenvalue weighted by atomic mass is 32.2. The van der Waals surface area contributed by atoms with E-state index in [1.54, 1.807) is 11.8 Å². The lowest BCUT2D eigenvalue weighted by atomic mass is 10.1. The van der Waals surface area contributed by atoms with E-state index in [2.05, 4.69) is 28.4 Å². The molecule has 1 N–H and O–H groups in total. The van der Waals surface area contributed by atoms with Crippen LogP contribution in [-0.2, 0) is 6.61 Å². The van der Waals surface area contributed by atoms with E-state index >= 15 is 0 Å². The fourth-order valence-electron chi connectivity index (χ4n) is 2.73. The maximum Gasteiger partial charge on any atom is 0.146 e. The summed E-state index contributed by atoms with van der Waals surface area (Å²) >= 11 is 1.71. The molecule has 0 aliphatic heterocycles. The number of imidazole rings is 1. The van der Waals surface area contributed by atoms with Crippen molar-refractivity contribution in [2.75, 3.05) is 6.26 Å². The Hall–Kier alpha value is -3.18. The van der Waals surface area contributed by atoms with Crippen LogP contribution in [0.4, 0.5) is 0 Å². The maximum atomic E-state index is 5.91. The summed E-state index contributed by atoms with van der Waals surface area (Å²) in [6.45, 7) is 0.400. The molecule has 0 aliphatic rings. The lowest BCUT2D eigenvalue weighted by Crippen LogP contribution is -1.97. The molecule has 5 heteroatoms. The maximum absolute atomic E-state index is 5.91. The number of ether oxygens (including phenoxy) is 2. The van der Waals surface area contributed by atoms with Gasteiger partial charge in [-0.25, -0.2) is 4.98 Å². The normalized spacial score (nSPS) is 10.6. The summed E-state index contributed by atoms with van der Waals surface area (Å²) < 4.78 is 11.6. The molecule has 0 saturated heterocycles. The molecule has 0 radical (unpaired) electrons. The van der Waals surface area contributed by atoms with E-state index in [-0.39, 0.29) is 0 Å². The molecule has 140 valence electrons. The van der Waals surface area contributed by atoms with Gasteiger partial charge in [-0.2, -0.15) is 0 Å². The Morgan fingerprint density at radius 3 is 2.18 bits per heavy atom. The number of benzene rings is 3. The Balaban J connectivity index is 1.39. The number of nitrogens with zero attached hydrogens (tertiary/aromatic N) is 1. The molecule has 4 aromatic rings. The molecule has 0 unspecified atom stereocenters. The molecule has 1 aromatic heterocycles. The summed E-state index contributed by atoms with van der Waals surface area (Å²) in [7, 11) is 0. The van der Waals surface area contributed by atoms with Gasteiger partial charge in [0.05, 0.1) is 11.9 Å². The molecule has 0 bridgehead atoms. The van der Waals surface area contributed by atoms with Crippen LogP contribution in [0.2, 0.25) is 0 Å². The number of hydrogen-bond donors (Lipinski definition) is 1. The Kier molecular flexibility index (Phi) is 5.64. The van der Waals surface area contributed by atoms with Crippen molar-refractivity contribution in [1.29, 1.82) is 0 Å². The van der Waals surface area contributed by atoms with Crippen LogP contribution < -0.4 is 9.47 Å². The van der Waals surface area contributed by atoms with Gasteiger partial charge < -0.3 is 14.5 Å². The number of para-hydroxylation sites is 1. The highest BCUT2D eigenvalue weighted by molar-refractivity contribution is 7.98. The first kappa shape index (κ1) is 18.2. The Morgan fingerprint density at radius 1 is 0.821 bits per heavy atom. The van der Waals surface area contributed by atoms with Gasteiger partial charge >= 0.3 is 0 Å².